The fourth-order valence-electron chi connectivity index (χ4n) is 9.94. The van der Waals surface area contributed by atoms with Crippen molar-refractivity contribution < 1.29 is 38.3 Å². The van der Waals surface area contributed by atoms with Gasteiger partial charge in [-0.1, -0.05) is 181 Å². The number of carbonyl (C=O) groups is 4. The second kappa shape index (κ2) is 25.4. The molecule has 0 saturated heterocycles. The Morgan fingerprint density at radius 1 is 0.577 bits per heavy atom. The van der Waals surface area contributed by atoms with Gasteiger partial charge in [-0.15, -0.1) is 0 Å². The number of hydrogen-bond donors (Lipinski definition) is 4. The van der Waals surface area contributed by atoms with Crippen LogP contribution in [-0.4, -0.2) is 54.2 Å². The molecule has 394 valence electrons. The lowest BCUT2D eigenvalue weighted by molar-refractivity contribution is -0.384. The van der Waals surface area contributed by atoms with Crippen LogP contribution in [0.5, 0.6) is 5.75 Å². The largest absolute Gasteiger partial charge is 0.514 e. The van der Waals surface area contributed by atoms with Gasteiger partial charge in [0, 0.05) is 30.2 Å². The molecular weight excluding hydrogens is 983 g/mol. The number of hydrogen-bond acceptors (Lipinski definition) is 10. The molecule has 0 fully saturated rings. The van der Waals surface area contributed by atoms with Crippen LogP contribution in [0.1, 0.15) is 69.7 Å². The van der Waals surface area contributed by atoms with Crippen molar-refractivity contribution in [1.82, 2.24) is 16.0 Å². The first kappa shape index (κ1) is 53.4. The van der Waals surface area contributed by atoms with E-state index < -0.39 is 46.6 Å². The van der Waals surface area contributed by atoms with Crippen molar-refractivity contribution in [2.45, 2.75) is 62.8 Å². The molecule has 0 spiro atoms. The summed E-state index contributed by atoms with van der Waals surface area (Å²) in [5.41, 5.74) is 9.58. The molecule has 0 heterocycles. The molecule has 4 N–H and O–H groups in total. The predicted octanol–water partition coefficient (Wildman–Crippen LogP) is 11.9. The lowest BCUT2D eigenvalue weighted by Crippen LogP contribution is -2.53. The number of nitro benzene ring substituents is 1. The van der Waals surface area contributed by atoms with Crippen molar-refractivity contribution in [1.29, 1.82) is 0 Å². The minimum absolute atomic E-state index is 0.0511. The highest BCUT2D eigenvalue weighted by Crippen LogP contribution is 2.44. The van der Waals surface area contributed by atoms with Crippen LogP contribution in [-0.2, 0) is 37.6 Å². The first-order chi connectivity index (χ1) is 38.0. The number of nitrogens with one attached hydrogen (secondary N) is 4. The predicted molar refractivity (Wildman–Crippen MR) is 299 cm³/mol. The fourth-order valence-corrected chi connectivity index (χ4v) is 9.94. The number of unbranched alkanes of at least 4 members (excludes halogenated alkanes) is 1. The quantitative estimate of drug-likeness (QED) is 0.0127. The molecule has 14 heteroatoms. The average Bonchev–Trinajstić information content (AvgIpc) is 3.83. The molecule has 0 aromatic heterocycles. The molecule has 1 aliphatic carbocycles. The molecule has 0 aliphatic heterocycles. The van der Waals surface area contributed by atoms with Gasteiger partial charge in [0.25, 0.3) is 5.69 Å². The Morgan fingerprint density at radius 2 is 1.14 bits per heavy atom. The maximum Gasteiger partial charge on any atom is 0.514 e. The molecule has 8 aromatic rings. The van der Waals surface area contributed by atoms with Crippen molar-refractivity contribution in [3.8, 4) is 16.9 Å². The van der Waals surface area contributed by atoms with Crippen LogP contribution in [0.15, 0.2) is 212 Å². The molecule has 14 nitrogen and oxygen atoms in total. The zero-order valence-corrected chi connectivity index (χ0v) is 43.0. The summed E-state index contributed by atoms with van der Waals surface area (Å²) in [5, 5.41) is 23.7. The van der Waals surface area contributed by atoms with Gasteiger partial charge in [0.15, 0.2) is 0 Å². The zero-order chi connectivity index (χ0) is 54.3. The van der Waals surface area contributed by atoms with E-state index in [1.807, 2.05) is 103 Å². The number of nitrogens with zero attached hydrogens (tertiary/aromatic N) is 1. The normalized spacial score (nSPS) is 12.5. The summed E-state index contributed by atoms with van der Waals surface area (Å²) in [6.45, 7) is 2.50. The maximum atomic E-state index is 14.6. The summed E-state index contributed by atoms with van der Waals surface area (Å²) >= 11 is 0. The number of ether oxygens (including phenoxy) is 3. The van der Waals surface area contributed by atoms with Crippen LogP contribution >= 0.6 is 0 Å². The topological polar surface area (TPSA) is 187 Å². The van der Waals surface area contributed by atoms with E-state index in [0.717, 1.165) is 50.1 Å². The Bertz CT molecular complexity index is 3240. The number of rotatable bonds is 22. The van der Waals surface area contributed by atoms with E-state index in [-0.39, 0.29) is 43.4 Å². The molecule has 3 amide bonds. The lowest BCUT2D eigenvalue weighted by Gasteiger charge is -2.37. The summed E-state index contributed by atoms with van der Waals surface area (Å²) < 4.78 is 16.3. The molecule has 0 saturated carbocycles. The summed E-state index contributed by atoms with van der Waals surface area (Å²) in [4.78, 5) is 65.8. The monoisotopic (exact) mass is 1040 g/mol. The van der Waals surface area contributed by atoms with Gasteiger partial charge in [0.1, 0.15) is 31.0 Å². The second-order valence-electron chi connectivity index (χ2n) is 19.1. The van der Waals surface area contributed by atoms with E-state index >= 15 is 0 Å². The molecule has 8 aromatic carbocycles. The molecule has 9 rings (SSSR count). The highest BCUT2D eigenvalue weighted by Gasteiger charge is 2.36. The first-order valence-electron chi connectivity index (χ1n) is 25.9. The van der Waals surface area contributed by atoms with Crippen LogP contribution in [0.2, 0.25) is 0 Å². The maximum absolute atomic E-state index is 14.6. The summed E-state index contributed by atoms with van der Waals surface area (Å²) in [5.74, 6) is -1.16. The van der Waals surface area contributed by atoms with E-state index in [0.29, 0.717) is 30.6 Å². The summed E-state index contributed by atoms with van der Waals surface area (Å²) in [7, 11) is 0. The van der Waals surface area contributed by atoms with Gasteiger partial charge in [0.2, 0.25) is 11.8 Å². The number of aryl methyl sites for hydroxylation is 1. The molecule has 0 bridgehead atoms. The standard InChI is InChI=1S/C64H59N5O9/c1-44-28-32-49(33-29-44)64(47-19-7-3-8-20-47,48-21-9-4-10-22-48)65-40-16-15-27-58(60(70)66-50-34-30-46(31-35-50)42-77-63(73)78-52-38-36-51(37-39-52)69(74)75)67-61(71)59(41-45-17-5-2-6-18-45)68-62(72)76-43-57-55-25-13-11-23-53(55)54-24-12-14-26-56(54)57/h2-14,17-26,28-39,57-59,65H,15-16,27,40-43H2,1H3,(H,66,70)(H,67,71)(H,68,72)/t58-,59-/m0/s1. The third-order valence-electron chi connectivity index (χ3n) is 13.9. The van der Waals surface area contributed by atoms with Gasteiger partial charge in [-0.2, -0.15) is 0 Å². The number of fused-ring (bicyclic) bond motifs is 3. The minimum atomic E-state index is -1.11. The Morgan fingerprint density at radius 3 is 1.74 bits per heavy atom. The smallest absolute Gasteiger partial charge is 0.449 e. The number of nitro groups is 1. The first-order valence-corrected chi connectivity index (χ1v) is 25.9. The van der Waals surface area contributed by atoms with Crippen LogP contribution in [0.4, 0.5) is 21.0 Å². The van der Waals surface area contributed by atoms with Gasteiger partial charge >= 0.3 is 12.2 Å². The molecule has 0 radical (unpaired) electrons. The van der Waals surface area contributed by atoms with Crippen molar-refractivity contribution in [3.63, 3.8) is 0 Å². The third kappa shape index (κ3) is 13.2. The molecule has 78 heavy (non-hydrogen) atoms. The fraction of sp³-hybridized carbons (Fsp3) is 0.188. The highest BCUT2D eigenvalue weighted by atomic mass is 16.7. The molecule has 1 aliphatic rings. The van der Waals surface area contributed by atoms with Crippen molar-refractivity contribution in [3.05, 3.63) is 267 Å². The number of carbonyl (C=O) groups excluding carboxylic acids is 4. The van der Waals surface area contributed by atoms with E-state index in [9.17, 15) is 29.3 Å². The van der Waals surface area contributed by atoms with Crippen molar-refractivity contribution in [2.75, 3.05) is 18.5 Å². The third-order valence-corrected chi connectivity index (χ3v) is 13.9. The number of amides is 3. The van der Waals surface area contributed by atoms with E-state index in [1.54, 1.807) is 24.3 Å². The SMILES string of the molecule is Cc1ccc(C(NCCCC[C@H](NC(=O)[C@H](Cc2ccccc2)NC(=O)OCC2c3ccccc3-c3ccccc32)C(=O)Nc2ccc(COC(=O)Oc3ccc([N+](=O)[O-])cc3)cc2)(c2ccccc2)c2ccccc2)cc1. The van der Waals surface area contributed by atoms with Gasteiger partial charge in [0.05, 0.1) is 10.5 Å². The second-order valence-corrected chi connectivity index (χ2v) is 19.1. The lowest BCUT2D eigenvalue weighted by atomic mass is 9.76. The van der Waals surface area contributed by atoms with Gasteiger partial charge in [-0.25, -0.2) is 9.59 Å². The summed E-state index contributed by atoms with van der Waals surface area (Å²) in [6.07, 6.45) is -0.250. The van der Waals surface area contributed by atoms with Crippen molar-refractivity contribution >= 4 is 35.4 Å². The molecule has 2 atom stereocenters. The van der Waals surface area contributed by atoms with Crippen LogP contribution in [0, 0.1) is 17.0 Å². The number of benzene rings is 8. The van der Waals surface area contributed by atoms with Gasteiger partial charge in [-0.05, 0) is 107 Å². The van der Waals surface area contributed by atoms with Gasteiger partial charge in [-0.3, -0.25) is 25.0 Å². The van der Waals surface area contributed by atoms with E-state index in [2.05, 4.69) is 88.9 Å². The summed E-state index contributed by atoms with van der Waals surface area (Å²) in [6, 6.07) is 64.1. The van der Waals surface area contributed by atoms with Crippen LogP contribution < -0.4 is 26.0 Å². The number of alkyl carbamates (subject to hydrolysis) is 1. The average molecular weight is 1040 g/mol. The Kier molecular flexibility index (Phi) is 17.4. The van der Waals surface area contributed by atoms with Crippen molar-refractivity contribution in [2.24, 2.45) is 0 Å². The zero-order valence-electron chi connectivity index (χ0n) is 43.0. The van der Waals surface area contributed by atoms with E-state index in [1.165, 1.54) is 24.3 Å². The Labute approximate surface area is 453 Å². The number of non-ortho nitro benzene ring substituents is 1. The molecular formula is C64H59N5O9. The minimum Gasteiger partial charge on any atom is -0.449 e. The van der Waals surface area contributed by atoms with Crippen LogP contribution in [0.25, 0.3) is 11.1 Å². The molecule has 0 unspecified atom stereocenters. The van der Waals surface area contributed by atoms with Crippen LogP contribution in [0.3, 0.4) is 0 Å². The Hall–Kier alpha value is -9.40. The number of anilines is 1. The van der Waals surface area contributed by atoms with Gasteiger partial charge < -0.3 is 30.2 Å². The Balaban J connectivity index is 0.905. The highest BCUT2D eigenvalue weighted by molar-refractivity contribution is 5.98. The van der Waals surface area contributed by atoms with E-state index in [4.69, 9.17) is 14.2 Å².